The van der Waals surface area contributed by atoms with Crippen molar-refractivity contribution in [3.8, 4) is 0 Å². The Bertz CT molecular complexity index is 690. The molecule has 154 valence electrons. The van der Waals surface area contributed by atoms with E-state index in [1.165, 1.54) is 11.1 Å². The van der Waals surface area contributed by atoms with Gasteiger partial charge >= 0.3 is 0 Å². The third kappa shape index (κ3) is 7.78. The number of hydrogen-bond donors (Lipinski definition) is 1. The first-order chi connectivity index (χ1) is 12.5. The SMILES string of the molecule is CCc1ccc(CN(C)C(=NC)NCCS(=O)(=O)N2CCSCC2)cc1.I. The summed E-state index contributed by atoms with van der Waals surface area (Å²) in [6.45, 7) is 4.46. The standard InChI is InChI=1S/C18H30N4O2S2.HI/c1-4-16-5-7-17(8-6-16)15-21(3)18(19-2)20-9-14-26(23,24)22-10-12-25-13-11-22;/h5-8H,4,9-15H2,1-3H3,(H,19,20);1H. The number of rotatable bonds is 7. The molecule has 0 unspecified atom stereocenters. The number of hydrogen-bond acceptors (Lipinski definition) is 4. The van der Waals surface area contributed by atoms with Crippen LogP contribution in [0.15, 0.2) is 29.3 Å². The van der Waals surface area contributed by atoms with Crippen molar-refractivity contribution in [2.45, 2.75) is 19.9 Å². The first-order valence-electron chi connectivity index (χ1n) is 9.01. The van der Waals surface area contributed by atoms with Gasteiger partial charge in [0, 0.05) is 51.8 Å². The van der Waals surface area contributed by atoms with Gasteiger partial charge in [-0.3, -0.25) is 4.99 Å². The van der Waals surface area contributed by atoms with E-state index in [0.717, 1.165) is 24.5 Å². The zero-order chi connectivity index (χ0) is 19.0. The molecular weight excluding hydrogens is 495 g/mol. The van der Waals surface area contributed by atoms with Gasteiger partial charge in [0.25, 0.3) is 0 Å². The Morgan fingerprint density at radius 2 is 1.81 bits per heavy atom. The van der Waals surface area contributed by atoms with E-state index in [0.29, 0.717) is 25.6 Å². The predicted molar refractivity (Wildman–Crippen MR) is 127 cm³/mol. The number of guanidine groups is 1. The van der Waals surface area contributed by atoms with E-state index in [1.54, 1.807) is 23.1 Å². The normalized spacial score (nSPS) is 15.9. The fourth-order valence-corrected chi connectivity index (χ4v) is 5.35. The maximum Gasteiger partial charge on any atom is 0.215 e. The molecule has 9 heteroatoms. The number of nitrogens with zero attached hydrogens (tertiary/aromatic N) is 3. The third-order valence-electron chi connectivity index (χ3n) is 4.43. The molecule has 1 N–H and O–H groups in total. The largest absolute Gasteiger partial charge is 0.355 e. The van der Waals surface area contributed by atoms with Gasteiger partial charge in [-0.15, -0.1) is 24.0 Å². The monoisotopic (exact) mass is 526 g/mol. The van der Waals surface area contributed by atoms with Crippen LogP contribution in [0.2, 0.25) is 0 Å². The molecule has 0 bridgehead atoms. The van der Waals surface area contributed by atoms with Gasteiger partial charge < -0.3 is 10.2 Å². The van der Waals surface area contributed by atoms with E-state index >= 15 is 0 Å². The molecule has 2 rings (SSSR count). The Balaban J connectivity index is 0.00000364. The molecule has 0 saturated carbocycles. The van der Waals surface area contributed by atoms with Crippen molar-refractivity contribution >= 4 is 51.7 Å². The molecule has 0 atom stereocenters. The highest BCUT2D eigenvalue weighted by Gasteiger charge is 2.23. The summed E-state index contributed by atoms with van der Waals surface area (Å²) >= 11 is 1.81. The summed E-state index contributed by atoms with van der Waals surface area (Å²) in [7, 11) is 0.480. The summed E-state index contributed by atoms with van der Waals surface area (Å²) in [6, 6.07) is 8.54. The minimum atomic E-state index is -3.20. The van der Waals surface area contributed by atoms with Crippen LogP contribution in [-0.2, 0) is 23.0 Å². The van der Waals surface area contributed by atoms with Crippen molar-refractivity contribution < 1.29 is 8.42 Å². The highest BCUT2D eigenvalue weighted by molar-refractivity contribution is 14.0. The van der Waals surface area contributed by atoms with Crippen molar-refractivity contribution in [1.29, 1.82) is 0 Å². The summed E-state index contributed by atoms with van der Waals surface area (Å²) in [5.74, 6) is 2.56. The summed E-state index contributed by atoms with van der Waals surface area (Å²) in [5, 5.41) is 3.17. The maximum atomic E-state index is 12.4. The molecule has 1 fully saturated rings. The van der Waals surface area contributed by atoms with E-state index in [2.05, 4.69) is 41.5 Å². The van der Waals surface area contributed by atoms with E-state index in [1.807, 2.05) is 11.9 Å². The van der Waals surface area contributed by atoms with Gasteiger partial charge in [-0.1, -0.05) is 31.2 Å². The molecule has 1 aliphatic heterocycles. The highest BCUT2D eigenvalue weighted by Crippen LogP contribution is 2.13. The summed E-state index contributed by atoms with van der Waals surface area (Å²) in [6.07, 6.45) is 1.03. The van der Waals surface area contributed by atoms with Crippen LogP contribution in [0.1, 0.15) is 18.1 Å². The number of aryl methyl sites for hydroxylation is 1. The molecular formula is C18H31IN4O2S2. The molecule has 6 nitrogen and oxygen atoms in total. The lowest BCUT2D eigenvalue weighted by Gasteiger charge is -2.26. The Labute approximate surface area is 185 Å². The molecule has 0 radical (unpaired) electrons. The number of nitrogens with one attached hydrogen (secondary N) is 1. The minimum Gasteiger partial charge on any atom is -0.355 e. The van der Waals surface area contributed by atoms with E-state index < -0.39 is 10.0 Å². The Kier molecular flexibility index (Phi) is 11.0. The second-order valence-electron chi connectivity index (χ2n) is 6.33. The van der Waals surface area contributed by atoms with Crippen LogP contribution in [-0.4, -0.2) is 74.6 Å². The lowest BCUT2D eigenvalue weighted by Crippen LogP contribution is -2.44. The van der Waals surface area contributed by atoms with Crippen LogP contribution in [0.3, 0.4) is 0 Å². The molecule has 0 aromatic heterocycles. The first kappa shape index (κ1) is 24.5. The van der Waals surface area contributed by atoms with Crippen molar-refractivity contribution in [1.82, 2.24) is 14.5 Å². The van der Waals surface area contributed by atoms with Crippen LogP contribution >= 0.6 is 35.7 Å². The van der Waals surface area contributed by atoms with Crippen molar-refractivity contribution in [3.05, 3.63) is 35.4 Å². The molecule has 1 heterocycles. The van der Waals surface area contributed by atoms with E-state index in [9.17, 15) is 8.42 Å². The van der Waals surface area contributed by atoms with E-state index in [-0.39, 0.29) is 29.7 Å². The summed E-state index contributed by atoms with van der Waals surface area (Å²) < 4.78 is 26.4. The summed E-state index contributed by atoms with van der Waals surface area (Å²) in [4.78, 5) is 6.27. The average Bonchev–Trinajstić information content (AvgIpc) is 2.66. The number of halogens is 1. The maximum absolute atomic E-state index is 12.4. The number of thioether (sulfide) groups is 1. The minimum absolute atomic E-state index is 0. The van der Waals surface area contributed by atoms with Gasteiger partial charge in [-0.2, -0.15) is 11.8 Å². The quantitative estimate of drug-likeness (QED) is 0.336. The molecule has 1 aliphatic rings. The Hall–Kier alpha value is -0.520. The van der Waals surface area contributed by atoms with Gasteiger partial charge in [0.15, 0.2) is 5.96 Å². The third-order valence-corrected chi connectivity index (χ3v) is 7.25. The zero-order valence-corrected chi connectivity index (χ0v) is 20.3. The van der Waals surface area contributed by atoms with Crippen LogP contribution in [0.5, 0.6) is 0 Å². The molecule has 0 aliphatic carbocycles. The van der Waals surface area contributed by atoms with Crippen molar-refractivity contribution in [3.63, 3.8) is 0 Å². The number of aliphatic imine (C=N–C) groups is 1. The fraction of sp³-hybridized carbons (Fsp3) is 0.611. The molecule has 0 spiro atoms. The Morgan fingerprint density at radius 1 is 1.22 bits per heavy atom. The fourth-order valence-electron chi connectivity index (χ4n) is 2.86. The lowest BCUT2D eigenvalue weighted by molar-refractivity contribution is 0.442. The first-order valence-corrected chi connectivity index (χ1v) is 11.8. The zero-order valence-electron chi connectivity index (χ0n) is 16.3. The molecule has 1 aromatic carbocycles. The topological polar surface area (TPSA) is 65.0 Å². The Morgan fingerprint density at radius 3 is 2.37 bits per heavy atom. The van der Waals surface area contributed by atoms with Crippen molar-refractivity contribution in [2.75, 3.05) is 51.0 Å². The van der Waals surface area contributed by atoms with Crippen molar-refractivity contribution in [2.24, 2.45) is 4.99 Å². The van der Waals surface area contributed by atoms with Gasteiger partial charge in [-0.05, 0) is 17.5 Å². The number of benzene rings is 1. The smallest absolute Gasteiger partial charge is 0.215 e. The predicted octanol–water partition coefficient (Wildman–Crippen LogP) is 2.25. The van der Waals surface area contributed by atoms with E-state index in [4.69, 9.17) is 0 Å². The van der Waals surface area contributed by atoms with Crippen LogP contribution in [0.4, 0.5) is 0 Å². The molecule has 0 amide bonds. The summed E-state index contributed by atoms with van der Waals surface area (Å²) in [5.41, 5.74) is 2.52. The molecule has 1 saturated heterocycles. The second-order valence-corrected chi connectivity index (χ2v) is 9.64. The second kappa shape index (κ2) is 12.1. The number of sulfonamides is 1. The lowest BCUT2D eigenvalue weighted by atomic mass is 10.1. The molecule has 1 aromatic rings. The molecule has 27 heavy (non-hydrogen) atoms. The highest BCUT2D eigenvalue weighted by atomic mass is 127. The van der Waals surface area contributed by atoms with Gasteiger partial charge in [0.1, 0.15) is 0 Å². The average molecular weight is 527 g/mol. The van der Waals surface area contributed by atoms with Gasteiger partial charge in [0.05, 0.1) is 5.75 Å². The van der Waals surface area contributed by atoms with Gasteiger partial charge in [0.2, 0.25) is 10.0 Å². The van der Waals surface area contributed by atoms with Crippen LogP contribution < -0.4 is 5.32 Å². The van der Waals surface area contributed by atoms with Crippen LogP contribution in [0, 0.1) is 0 Å². The van der Waals surface area contributed by atoms with Crippen LogP contribution in [0.25, 0.3) is 0 Å². The van der Waals surface area contributed by atoms with Gasteiger partial charge in [-0.25, -0.2) is 12.7 Å².